The summed E-state index contributed by atoms with van der Waals surface area (Å²) in [4.78, 5) is 26.0. The molecule has 2 N–H and O–H groups in total. The van der Waals surface area contributed by atoms with E-state index in [0.717, 1.165) is 22.3 Å². The van der Waals surface area contributed by atoms with Crippen molar-refractivity contribution in [3.05, 3.63) is 101 Å². The maximum absolute atomic E-state index is 13.1. The summed E-state index contributed by atoms with van der Waals surface area (Å²) in [5.41, 5.74) is 4.60. The van der Waals surface area contributed by atoms with E-state index in [4.69, 9.17) is 0 Å². The van der Waals surface area contributed by atoms with Crippen molar-refractivity contribution >= 4 is 28.3 Å². The minimum Gasteiger partial charge on any atom is -0.340 e. The Morgan fingerprint density at radius 1 is 0.848 bits per heavy atom. The zero-order chi connectivity index (χ0) is 23.2. The smallest absolute Gasteiger partial charge is 0.251 e. The Kier molecular flexibility index (Phi) is 6.90. The summed E-state index contributed by atoms with van der Waals surface area (Å²) in [7, 11) is 0. The molecule has 1 heterocycles. The Hall–Kier alpha value is -3.84. The molecule has 1 aromatic heterocycles. The molecule has 1 atom stereocenters. The Morgan fingerprint density at radius 2 is 1.48 bits per heavy atom. The highest BCUT2D eigenvalue weighted by Crippen LogP contribution is 2.26. The molecule has 0 fully saturated rings. The first-order valence-electron chi connectivity index (χ1n) is 10.6. The van der Waals surface area contributed by atoms with Crippen molar-refractivity contribution in [2.75, 3.05) is 5.32 Å². The molecule has 3 aromatic carbocycles. The SMILES string of the molecule is Cc1ccc(C(=O)N[C@H](Cc2ccccc2)C(=O)Nc2nnc(-c3ccc(C)cc3)s2)cc1. The fraction of sp³-hybridized carbons (Fsp3) is 0.154. The van der Waals surface area contributed by atoms with E-state index < -0.39 is 6.04 Å². The zero-order valence-corrected chi connectivity index (χ0v) is 19.2. The molecule has 0 aliphatic carbocycles. The minimum absolute atomic E-state index is 0.302. The molecule has 0 spiro atoms. The molecule has 7 heteroatoms. The van der Waals surface area contributed by atoms with Crippen LogP contribution < -0.4 is 10.6 Å². The highest BCUT2D eigenvalue weighted by atomic mass is 32.1. The molecule has 0 aliphatic heterocycles. The van der Waals surface area contributed by atoms with Gasteiger partial charge in [-0.15, -0.1) is 10.2 Å². The van der Waals surface area contributed by atoms with E-state index in [2.05, 4.69) is 20.8 Å². The molecule has 4 aromatic rings. The predicted molar refractivity (Wildman–Crippen MR) is 131 cm³/mol. The second-order valence-corrected chi connectivity index (χ2v) is 8.83. The van der Waals surface area contributed by atoms with E-state index in [-0.39, 0.29) is 11.8 Å². The Morgan fingerprint density at radius 3 is 2.15 bits per heavy atom. The maximum atomic E-state index is 13.1. The number of carbonyl (C=O) groups excluding carboxylic acids is 2. The number of benzene rings is 3. The van der Waals surface area contributed by atoms with Gasteiger partial charge < -0.3 is 5.32 Å². The number of nitrogens with one attached hydrogen (secondary N) is 2. The van der Waals surface area contributed by atoms with Crippen LogP contribution in [-0.2, 0) is 11.2 Å². The van der Waals surface area contributed by atoms with E-state index in [9.17, 15) is 9.59 Å². The fourth-order valence-electron chi connectivity index (χ4n) is 3.28. The average Bonchev–Trinajstić information content (AvgIpc) is 3.28. The number of hydrogen-bond donors (Lipinski definition) is 2. The van der Waals surface area contributed by atoms with Crippen molar-refractivity contribution < 1.29 is 9.59 Å². The third-order valence-corrected chi connectivity index (χ3v) is 6.06. The van der Waals surface area contributed by atoms with Crippen LogP contribution in [0.15, 0.2) is 78.9 Å². The van der Waals surface area contributed by atoms with Crippen molar-refractivity contribution in [2.45, 2.75) is 26.3 Å². The molecule has 2 amide bonds. The van der Waals surface area contributed by atoms with Gasteiger partial charge in [-0.25, -0.2) is 0 Å². The number of anilines is 1. The lowest BCUT2D eigenvalue weighted by molar-refractivity contribution is -0.118. The Bertz CT molecular complexity index is 1240. The highest BCUT2D eigenvalue weighted by Gasteiger charge is 2.23. The van der Waals surface area contributed by atoms with Crippen LogP contribution in [0.4, 0.5) is 5.13 Å². The predicted octanol–water partition coefficient (Wildman–Crippen LogP) is 4.80. The molecular weight excluding hydrogens is 432 g/mol. The van der Waals surface area contributed by atoms with Gasteiger partial charge in [-0.1, -0.05) is 89.2 Å². The van der Waals surface area contributed by atoms with Crippen LogP contribution in [0.2, 0.25) is 0 Å². The highest BCUT2D eigenvalue weighted by molar-refractivity contribution is 7.18. The fourth-order valence-corrected chi connectivity index (χ4v) is 4.04. The van der Waals surface area contributed by atoms with Crippen molar-refractivity contribution in [1.82, 2.24) is 15.5 Å². The molecule has 0 bridgehead atoms. The van der Waals surface area contributed by atoms with Gasteiger partial charge in [0.25, 0.3) is 5.91 Å². The standard InChI is InChI=1S/C26H24N4O2S/c1-17-8-12-20(13-9-17)23(31)27-22(16-19-6-4-3-5-7-19)24(32)28-26-30-29-25(33-26)21-14-10-18(2)11-15-21/h3-15,22H,16H2,1-2H3,(H,27,31)(H,28,30,32)/t22-/m1/s1. The van der Waals surface area contributed by atoms with Gasteiger partial charge >= 0.3 is 0 Å². The zero-order valence-electron chi connectivity index (χ0n) is 18.4. The van der Waals surface area contributed by atoms with E-state index in [0.29, 0.717) is 22.1 Å². The first-order chi connectivity index (χ1) is 16.0. The normalized spacial score (nSPS) is 11.6. The lowest BCUT2D eigenvalue weighted by Crippen LogP contribution is -2.45. The van der Waals surface area contributed by atoms with Crippen LogP contribution in [-0.4, -0.2) is 28.1 Å². The summed E-state index contributed by atoms with van der Waals surface area (Å²) in [5, 5.41) is 15.1. The van der Waals surface area contributed by atoms with Crippen LogP contribution >= 0.6 is 11.3 Å². The summed E-state index contributed by atoms with van der Waals surface area (Å²) in [6.07, 6.45) is 0.355. The lowest BCUT2D eigenvalue weighted by Gasteiger charge is -2.18. The van der Waals surface area contributed by atoms with Gasteiger partial charge in [-0.2, -0.15) is 0 Å². The lowest BCUT2D eigenvalue weighted by atomic mass is 10.0. The van der Waals surface area contributed by atoms with Crippen molar-refractivity contribution in [1.29, 1.82) is 0 Å². The summed E-state index contributed by atoms with van der Waals surface area (Å²) < 4.78 is 0. The number of aryl methyl sites for hydroxylation is 2. The van der Waals surface area contributed by atoms with Gasteiger partial charge in [0.15, 0.2) is 0 Å². The van der Waals surface area contributed by atoms with E-state index in [1.807, 2.05) is 80.6 Å². The minimum atomic E-state index is -0.770. The summed E-state index contributed by atoms with van der Waals surface area (Å²) in [6, 6.07) is 24.0. The number of rotatable bonds is 7. The first-order valence-corrected chi connectivity index (χ1v) is 11.4. The summed E-state index contributed by atoms with van der Waals surface area (Å²) in [6.45, 7) is 3.98. The molecule has 4 rings (SSSR count). The quantitative estimate of drug-likeness (QED) is 0.418. The maximum Gasteiger partial charge on any atom is 0.251 e. The molecule has 0 saturated heterocycles. The van der Waals surface area contributed by atoms with Crippen LogP contribution in [0.1, 0.15) is 27.0 Å². The van der Waals surface area contributed by atoms with Gasteiger partial charge in [0.05, 0.1) is 0 Å². The molecule has 0 unspecified atom stereocenters. The van der Waals surface area contributed by atoms with Gasteiger partial charge in [-0.05, 0) is 31.5 Å². The largest absolute Gasteiger partial charge is 0.340 e. The number of aromatic nitrogens is 2. The van der Waals surface area contributed by atoms with Crippen LogP contribution in [0.3, 0.4) is 0 Å². The number of hydrogen-bond acceptors (Lipinski definition) is 5. The van der Waals surface area contributed by atoms with E-state index in [1.165, 1.54) is 11.3 Å². The van der Waals surface area contributed by atoms with Gasteiger partial charge in [-0.3, -0.25) is 14.9 Å². The second-order valence-electron chi connectivity index (χ2n) is 7.85. The number of amides is 2. The van der Waals surface area contributed by atoms with Crippen LogP contribution in [0.25, 0.3) is 10.6 Å². The third kappa shape index (κ3) is 5.90. The van der Waals surface area contributed by atoms with Crippen LogP contribution in [0.5, 0.6) is 0 Å². The van der Waals surface area contributed by atoms with Crippen molar-refractivity contribution in [3.63, 3.8) is 0 Å². The summed E-state index contributed by atoms with van der Waals surface area (Å²) in [5.74, 6) is -0.644. The first kappa shape index (κ1) is 22.4. The molecule has 166 valence electrons. The van der Waals surface area contributed by atoms with Gasteiger partial charge in [0.2, 0.25) is 11.0 Å². The number of carbonyl (C=O) groups is 2. The molecule has 6 nitrogen and oxygen atoms in total. The molecule has 0 radical (unpaired) electrons. The van der Waals surface area contributed by atoms with Crippen LogP contribution in [0, 0.1) is 13.8 Å². The molecule has 33 heavy (non-hydrogen) atoms. The second kappa shape index (κ2) is 10.2. The third-order valence-electron chi connectivity index (χ3n) is 5.17. The van der Waals surface area contributed by atoms with Gasteiger partial charge in [0, 0.05) is 17.5 Å². The number of nitrogens with zero attached hydrogens (tertiary/aromatic N) is 2. The van der Waals surface area contributed by atoms with E-state index in [1.54, 1.807) is 12.1 Å². The van der Waals surface area contributed by atoms with Crippen molar-refractivity contribution in [2.24, 2.45) is 0 Å². The molecular formula is C26H24N4O2S. The topological polar surface area (TPSA) is 84.0 Å². The van der Waals surface area contributed by atoms with E-state index >= 15 is 0 Å². The Labute approximate surface area is 196 Å². The summed E-state index contributed by atoms with van der Waals surface area (Å²) >= 11 is 1.29. The molecule has 0 aliphatic rings. The Balaban J connectivity index is 1.50. The average molecular weight is 457 g/mol. The monoisotopic (exact) mass is 456 g/mol. The van der Waals surface area contributed by atoms with Crippen molar-refractivity contribution in [3.8, 4) is 10.6 Å². The van der Waals surface area contributed by atoms with Gasteiger partial charge in [0.1, 0.15) is 11.0 Å². The molecule has 0 saturated carbocycles.